The van der Waals surface area contributed by atoms with E-state index in [0.717, 1.165) is 29.1 Å². The van der Waals surface area contributed by atoms with Crippen LogP contribution in [0.5, 0.6) is 0 Å². The molecule has 0 atom stereocenters. The Morgan fingerprint density at radius 2 is 1.62 bits per heavy atom. The maximum Gasteiger partial charge on any atom is 0.416 e. The van der Waals surface area contributed by atoms with Crippen molar-refractivity contribution in [2.75, 3.05) is 43.0 Å². The maximum atomic E-state index is 13.3. The summed E-state index contributed by atoms with van der Waals surface area (Å²) in [4.78, 5) is 28.0. The smallest absolute Gasteiger partial charge is 0.368 e. The van der Waals surface area contributed by atoms with Crippen molar-refractivity contribution in [3.63, 3.8) is 0 Å². The van der Waals surface area contributed by atoms with Gasteiger partial charge in [0.05, 0.1) is 5.56 Å². The number of carbonyl (C=O) groups excluding carboxylic acids is 1. The van der Waals surface area contributed by atoms with Crippen LogP contribution in [0.25, 0.3) is 0 Å². The van der Waals surface area contributed by atoms with Gasteiger partial charge in [0.25, 0.3) is 5.91 Å². The minimum atomic E-state index is -4.39. The number of thioether (sulfide) groups is 1. The van der Waals surface area contributed by atoms with E-state index in [1.165, 1.54) is 17.8 Å². The molecule has 1 aliphatic heterocycles. The van der Waals surface area contributed by atoms with E-state index in [9.17, 15) is 18.0 Å². The van der Waals surface area contributed by atoms with Gasteiger partial charge in [-0.05, 0) is 41.5 Å². The topological polar surface area (TPSA) is 52.6 Å². The van der Waals surface area contributed by atoms with Crippen LogP contribution < -0.4 is 9.80 Å². The van der Waals surface area contributed by atoms with E-state index in [1.54, 1.807) is 23.1 Å². The Balaban J connectivity index is 1.19. The van der Waals surface area contributed by atoms with Crippen molar-refractivity contribution >= 4 is 40.8 Å². The Hall–Kier alpha value is -3.76. The van der Waals surface area contributed by atoms with Crippen LogP contribution in [0.3, 0.4) is 0 Å². The molecule has 0 spiro atoms. The number of amides is 1. The van der Waals surface area contributed by atoms with Crippen LogP contribution in [0.4, 0.5) is 24.7 Å². The molecule has 0 unspecified atom stereocenters. The van der Waals surface area contributed by atoms with Crippen molar-refractivity contribution in [1.29, 1.82) is 0 Å². The first-order valence-electron chi connectivity index (χ1n) is 13.4. The summed E-state index contributed by atoms with van der Waals surface area (Å²) in [6, 6.07) is 24.6. The largest absolute Gasteiger partial charge is 0.416 e. The second-order valence-electron chi connectivity index (χ2n) is 9.99. The van der Waals surface area contributed by atoms with Crippen LogP contribution in [-0.4, -0.2) is 54.0 Å². The molecule has 1 saturated heterocycles. The second-order valence-corrected chi connectivity index (χ2v) is 11.3. The highest BCUT2D eigenvalue weighted by Gasteiger charge is 2.31. The molecular weight excluding hydrogens is 583 g/mol. The standard InChI is InChI=1S/C31H29ClF3N5OS/c1-38(20-22-7-3-2-4-8-22)28-19-27(32)36-30(37-28)42-21-23-9-5-10-24(17-23)29(41)40-15-13-39(14-16-40)26-12-6-11-25(18-26)31(33,34)35/h2-12,17-19H,13-16,20-21H2,1H3. The molecule has 1 amide bonds. The summed E-state index contributed by atoms with van der Waals surface area (Å²) < 4.78 is 39.4. The number of aromatic nitrogens is 2. The third-order valence-corrected chi connectivity index (χ3v) is 8.07. The van der Waals surface area contributed by atoms with Crippen LogP contribution >= 0.6 is 23.4 Å². The molecule has 42 heavy (non-hydrogen) atoms. The third-order valence-electron chi connectivity index (χ3n) is 6.96. The maximum absolute atomic E-state index is 13.3. The van der Waals surface area contributed by atoms with Crippen LogP contribution in [0, 0.1) is 0 Å². The molecule has 0 N–H and O–H groups in total. The van der Waals surface area contributed by atoms with Crippen molar-refractivity contribution in [2.24, 2.45) is 0 Å². The summed E-state index contributed by atoms with van der Waals surface area (Å²) in [5.41, 5.74) is 2.50. The first-order valence-corrected chi connectivity index (χ1v) is 14.7. The van der Waals surface area contributed by atoms with E-state index >= 15 is 0 Å². The van der Waals surface area contributed by atoms with Gasteiger partial charge in [0.2, 0.25) is 0 Å². The van der Waals surface area contributed by atoms with E-state index < -0.39 is 11.7 Å². The second kappa shape index (κ2) is 13.0. The highest BCUT2D eigenvalue weighted by molar-refractivity contribution is 7.98. The molecule has 218 valence electrons. The predicted octanol–water partition coefficient (Wildman–Crippen LogP) is 7.04. The molecule has 0 bridgehead atoms. The quantitative estimate of drug-likeness (QED) is 0.121. The fourth-order valence-corrected chi connectivity index (χ4v) is 5.78. The fraction of sp³-hybridized carbons (Fsp3) is 0.258. The highest BCUT2D eigenvalue weighted by atomic mass is 35.5. The molecule has 1 aliphatic rings. The van der Waals surface area contributed by atoms with Gasteiger partial charge in [-0.1, -0.05) is 71.9 Å². The Labute approximate surface area is 252 Å². The zero-order valence-corrected chi connectivity index (χ0v) is 24.5. The molecule has 5 rings (SSSR count). The van der Waals surface area contributed by atoms with Crippen molar-refractivity contribution in [2.45, 2.75) is 23.6 Å². The van der Waals surface area contributed by atoms with Gasteiger partial charge in [0, 0.05) is 62.8 Å². The number of hydrogen-bond donors (Lipinski definition) is 0. The van der Waals surface area contributed by atoms with Gasteiger partial charge >= 0.3 is 6.18 Å². The number of carbonyl (C=O) groups is 1. The normalized spacial score (nSPS) is 13.7. The first-order chi connectivity index (χ1) is 20.2. The average Bonchev–Trinajstić information content (AvgIpc) is 3.00. The zero-order chi connectivity index (χ0) is 29.7. The molecule has 0 aliphatic carbocycles. The van der Waals surface area contributed by atoms with E-state index in [2.05, 4.69) is 22.1 Å². The van der Waals surface area contributed by atoms with Gasteiger partial charge < -0.3 is 14.7 Å². The number of piperazine rings is 1. The van der Waals surface area contributed by atoms with Crippen molar-refractivity contribution in [1.82, 2.24) is 14.9 Å². The molecule has 3 aromatic carbocycles. The lowest BCUT2D eigenvalue weighted by atomic mass is 10.1. The lowest BCUT2D eigenvalue weighted by Crippen LogP contribution is -2.48. The lowest BCUT2D eigenvalue weighted by Gasteiger charge is -2.36. The SMILES string of the molecule is CN(Cc1ccccc1)c1cc(Cl)nc(SCc2cccc(C(=O)N3CCN(c4cccc(C(F)(F)F)c4)CC3)c2)n1. The van der Waals surface area contributed by atoms with Crippen LogP contribution in [0.1, 0.15) is 27.0 Å². The number of hydrogen-bond acceptors (Lipinski definition) is 6. The molecule has 11 heteroatoms. The van der Waals surface area contributed by atoms with Gasteiger partial charge in [-0.2, -0.15) is 13.2 Å². The summed E-state index contributed by atoms with van der Waals surface area (Å²) in [6.07, 6.45) is -4.39. The number of nitrogens with zero attached hydrogens (tertiary/aromatic N) is 5. The highest BCUT2D eigenvalue weighted by Crippen LogP contribution is 2.32. The third kappa shape index (κ3) is 7.54. The van der Waals surface area contributed by atoms with Gasteiger partial charge in [-0.3, -0.25) is 4.79 Å². The zero-order valence-electron chi connectivity index (χ0n) is 22.9. The summed E-state index contributed by atoms with van der Waals surface area (Å²) >= 11 is 7.75. The predicted molar refractivity (Wildman–Crippen MR) is 161 cm³/mol. The van der Waals surface area contributed by atoms with Gasteiger partial charge in [0.1, 0.15) is 11.0 Å². The molecule has 2 heterocycles. The number of anilines is 2. The average molecular weight is 612 g/mol. The van der Waals surface area contributed by atoms with Crippen LogP contribution in [0.2, 0.25) is 5.15 Å². The number of halogens is 4. The van der Waals surface area contributed by atoms with Crippen molar-refractivity contribution in [3.8, 4) is 0 Å². The lowest BCUT2D eigenvalue weighted by molar-refractivity contribution is -0.137. The van der Waals surface area contributed by atoms with E-state index in [1.807, 2.05) is 53.2 Å². The minimum Gasteiger partial charge on any atom is -0.368 e. The Morgan fingerprint density at radius 1 is 0.905 bits per heavy atom. The molecule has 4 aromatic rings. The van der Waals surface area contributed by atoms with E-state index in [0.29, 0.717) is 60.0 Å². The number of rotatable bonds is 8. The number of benzene rings is 3. The first kappa shape index (κ1) is 29.7. The van der Waals surface area contributed by atoms with Crippen molar-refractivity contribution < 1.29 is 18.0 Å². The molecule has 1 aromatic heterocycles. The Kier molecular flexibility index (Phi) is 9.23. The molecule has 6 nitrogen and oxygen atoms in total. The number of alkyl halides is 3. The summed E-state index contributed by atoms with van der Waals surface area (Å²) in [7, 11) is 1.95. The summed E-state index contributed by atoms with van der Waals surface area (Å²) in [5.74, 6) is 1.16. The molecule has 0 radical (unpaired) electrons. The fourth-order valence-electron chi connectivity index (χ4n) is 4.76. The van der Waals surface area contributed by atoms with E-state index in [-0.39, 0.29) is 5.91 Å². The van der Waals surface area contributed by atoms with Crippen LogP contribution in [-0.2, 0) is 18.5 Å². The molecule has 1 fully saturated rings. The molecular formula is C31H29ClF3N5OS. The van der Waals surface area contributed by atoms with Gasteiger partial charge in [0.15, 0.2) is 5.16 Å². The van der Waals surface area contributed by atoms with Gasteiger partial charge in [-0.25, -0.2) is 9.97 Å². The summed E-state index contributed by atoms with van der Waals surface area (Å²) in [6.45, 7) is 2.43. The van der Waals surface area contributed by atoms with E-state index in [4.69, 9.17) is 11.6 Å². The monoisotopic (exact) mass is 611 g/mol. The Morgan fingerprint density at radius 3 is 2.36 bits per heavy atom. The van der Waals surface area contributed by atoms with Gasteiger partial charge in [-0.15, -0.1) is 0 Å². The van der Waals surface area contributed by atoms with Crippen molar-refractivity contribution in [3.05, 3.63) is 112 Å². The van der Waals surface area contributed by atoms with Crippen LogP contribution in [0.15, 0.2) is 90.1 Å². The summed E-state index contributed by atoms with van der Waals surface area (Å²) in [5, 5.41) is 0.899. The minimum absolute atomic E-state index is 0.102. The Bertz CT molecular complexity index is 1530. The molecule has 0 saturated carbocycles.